The molecular formula is C14H15FN2S. The van der Waals surface area contributed by atoms with Gasteiger partial charge in [-0.3, -0.25) is 0 Å². The van der Waals surface area contributed by atoms with Crippen LogP contribution in [0.5, 0.6) is 0 Å². The molecule has 2 heterocycles. The molecule has 0 radical (unpaired) electrons. The normalized spacial score (nSPS) is 21.0. The predicted molar refractivity (Wildman–Crippen MR) is 71.4 cm³/mol. The van der Waals surface area contributed by atoms with Crippen LogP contribution in [0.2, 0.25) is 0 Å². The van der Waals surface area contributed by atoms with Gasteiger partial charge in [0, 0.05) is 16.6 Å². The zero-order valence-electron chi connectivity index (χ0n) is 10.6. The summed E-state index contributed by atoms with van der Waals surface area (Å²) in [6.45, 7) is 6.41. The molecule has 1 unspecified atom stereocenters. The van der Waals surface area contributed by atoms with Crippen LogP contribution < -0.4 is 0 Å². The highest BCUT2D eigenvalue weighted by Gasteiger charge is 2.42. The van der Waals surface area contributed by atoms with Crippen molar-refractivity contribution in [2.24, 2.45) is 0 Å². The number of fused-ring (bicyclic) bond motifs is 1. The fourth-order valence-corrected chi connectivity index (χ4v) is 3.92. The molecule has 0 fully saturated rings. The van der Waals surface area contributed by atoms with Gasteiger partial charge in [0.25, 0.3) is 0 Å². The van der Waals surface area contributed by atoms with Crippen molar-refractivity contribution in [2.45, 2.75) is 36.7 Å². The summed E-state index contributed by atoms with van der Waals surface area (Å²) >= 11 is 1.75. The molecule has 94 valence electrons. The van der Waals surface area contributed by atoms with E-state index in [1.54, 1.807) is 23.9 Å². The number of thioether (sulfide) groups is 1. The second kappa shape index (κ2) is 3.85. The van der Waals surface area contributed by atoms with Gasteiger partial charge in [-0.25, -0.2) is 9.37 Å². The van der Waals surface area contributed by atoms with E-state index in [1.165, 1.54) is 6.07 Å². The Labute approximate surface area is 110 Å². The number of nitrogens with zero attached hydrogens (tertiary/aromatic N) is 2. The van der Waals surface area contributed by atoms with Gasteiger partial charge in [0.2, 0.25) is 0 Å². The second-order valence-electron chi connectivity index (χ2n) is 5.22. The SMILES string of the molecule is Cc1cnc2n1C(c1cccc(F)c1)C(C)(C)S2. The maximum Gasteiger partial charge on any atom is 0.169 e. The Kier molecular flexibility index (Phi) is 2.52. The van der Waals surface area contributed by atoms with Crippen LogP contribution in [0.25, 0.3) is 0 Å². The van der Waals surface area contributed by atoms with Crippen molar-refractivity contribution in [1.82, 2.24) is 9.55 Å². The number of hydrogen-bond acceptors (Lipinski definition) is 2. The van der Waals surface area contributed by atoms with Gasteiger partial charge >= 0.3 is 0 Å². The van der Waals surface area contributed by atoms with Crippen molar-refractivity contribution >= 4 is 11.8 Å². The van der Waals surface area contributed by atoms with Crippen LogP contribution in [-0.2, 0) is 0 Å². The largest absolute Gasteiger partial charge is 0.315 e. The summed E-state index contributed by atoms with van der Waals surface area (Å²) in [4.78, 5) is 4.42. The smallest absolute Gasteiger partial charge is 0.169 e. The molecule has 1 aromatic carbocycles. The van der Waals surface area contributed by atoms with Gasteiger partial charge in [0.1, 0.15) is 5.82 Å². The van der Waals surface area contributed by atoms with Crippen molar-refractivity contribution in [3.8, 4) is 0 Å². The fourth-order valence-electron chi connectivity index (χ4n) is 2.64. The minimum absolute atomic E-state index is 0.0118. The summed E-state index contributed by atoms with van der Waals surface area (Å²) in [5.41, 5.74) is 2.13. The van der Waals surface area contributed by atoms with Crippen molar-refractivity contribution in [1.29, 1.82) is 0 Å². The summed E-state index contributed by atoms with van der Waals surface area (Å²) in [6.07, 6.45) is 1.88. The quantitative estimate of drug-likeness (QED) is 0.778. The highest BCUT2D eigenvalue weighted by atomic mass is 32.2. The van der Waals surface area contributed by atoms with Gasteiger partial charge in [-0.1, -0.05) is 23.9 Å². The van der Waals surface area contributed by atoms with Crippen molar-refractivity contribution in [3.05, 3.63) is 47.5 Å². The van der Waals surface area contributed by atoms with E-state index >= 15 is 0 Å². The minimum Gasteiger partial charge on any atom is -0.315 e. The lowest BCUT2D eigenvalue weighted by atomic mass is 9.94. The first kappa shape index (κ1) is 11.8. The first-order chi connectivity index (χ1) is 8.49. The first-order valence-corrected chi connectivity index (χ1v) is 6.79. The van der Waals surface area contributed by atoms with Crippen molar-refractivity contribution in [3.63, 3.8) is 0 Å². The Hall–Kier alpha value is -1.29. The summed E-state index contributed by atoms with van der Waals surface area (Å²) < 4.78 is 15.6. The highest BCUT2D eigenvalue weighted by Crippen LogP contribution is 2.51. The van der Waals surface area contributed by atoms with E-state index in [-0.39, 0.29) is 16.6 Å². The summed E-state index contributed by atoms with van der Waals surface area (Å²) in [6, 6.07) is 7.01. The number of benzene rings is 1. The van der Waals surface area contributed by atoms with E-state index in [1.807, 2.05) is 19.2 Å². The number of halogens is 1. The Morgan fingerprint density at radius 1 is 1.39 bits per heavy atom. The number of aryl methyl sites for hydroxylation is 1. The van der Waals surface area contributed by atoms with Gasteiger partial charge in [0.05, 0.1) is 6.04 Å². The van der Waals surface area contributed by atoms with Crippen molar-refractivity contribution < 1.29 is 4.39 Å². The Bertz CT molecular complexity index is 604. The molecule has 0 saturated carbocycles. The van der Waals surface area contributed by atoms with E-state index in [0.29, 0.717) is 0 Å². The molecule has 0 bridgehead atoms. The molecule has 0 saturated heterocycles. The second-order valence-corrected chi connectivity index (χ2v) is 6.84. The third kappa shape index (κ3) is 1.67. The van der Waals surface area contributed by atoms with Gasteiger partial charge in [-0.2, -0.15) is 0 Å². The highest BCUT2D eigenvalue weighted by molar-refractivity contribution is 8.00. The molecule has 4 heteroatoms. The van der Waals surface area contributed by atoms with Crippen molar-refractivity contribution in [2.75, 3.05) is 0 Å². The van der Waals surface area contributed by atoms with Crippen LogP contribution in [-0.4, -0.2) is 14.3 Å². The molecule has 18 heavy (non-hydrogen) atoms. The molecule has 1 aromatic heterocycles. The van der Waals surface area contributed by atoms with E-state index in [4.69, 9.17) is 0 Å². The molecule has 2 aromatic rings. The lowest BCUT2D eigenvalue weighted by Gasteiger charge is -2.28. The summed E-state index contributed by atoms with van der Waals surface area (Å²) in [5.74, 6) is -0.181. The summed E-state index contributed by atoms with van der Waals surface area (Å²) in [5, 5.41) is 1.02. The van der Waals surface area contributed by atoms with Gasteiger partial charge in [-0.15, -0.1) is 0 Å². The van der Waals surface area contributed by atoms with Gasteiger partial charge in [-0.05, 0) is 38.5 Å². The molecule has 0 aliphatic carbocycles. The number of imidazole rings is 1. The zero-order valence-corrected chi connectivity index (χ0v) is 11.5. The average molecular weight is 262 g/mol. The van der Waals surface area contributed by atoms with Crippen LogP contribution >= 0.6 is 11.8 Å². The topological polar surface area (TPSA) is 17.8 Å². The Morgan fingerprint density at radius 2 is 2.17 bits per heavy atom. The number of hydrogen-bond donors (Lipinski definition) is 0. The average Bonchev–Trinajstić information content (AvgIpc) is 2.74. The number of aromatic nitrogens is 2. The van der Waals surface area contributed by atoms with E-state index in [0.717, 1.165) is 16.4 Å². The maximum atomic E-state index is 13.4. The van der Waals surface area contributed by atoms with Gasteiger partial charge < -0.3 is 4.57 Å². The molecule has 0 amide bonds. The molecule has 1 atom stereocenters. The van der Waals surface area contributed by atoms with E-state index < -0.39 is 0 Å². The van der Waals surface area contributed by atoms with Gasteiger partial charge in [0.15, 0.2) is 5.16 Å². The number of rotatable bonds is 1. The van der Waals surface area contributed by atoms with E-state index in [2.05, 4.69) is 23.4 Å². The molecule has 0 spiro atoms. The monoisotopic (exact) mass is 262 g/mol. The van der Waals surface area contributed by atoms with Crippen LogP contribution in [0.4, 0.5) is 4.39 Å². The first-order valence-electron chi connectivity index (χ1n) is 5.97. The Morgan fingerprint density at radius 3 is 2.89 bits per heavy atom. The standard InChI is InChI=1S/C14H15FN2S/c1-9-8-16-13-17(9)12(14(2,3)18-13)10-5-4-6-11(15)7-10/h4-8,12H,1-3H3. The molecule has 2 nitrogen and oxygen atoms in total. The van der Waals surface area contributed by atoms with E-state index in [9.17, 15) is 4.39 Å². The molecular weight excluding hydrogens is 247 g/mol. The molecule has 1 aliphatic heterocycles. The minimum atomic E-state index is -0.181. The molecule has 3 rings (SSSR count). The maximum absolute atomic E-state index is 13.4. The zero-order chi connectivity index (χ0) is 12.9. The van der Waals surface area contributed by atoms with Crippen LogP contribution in [0.15, 0.2) is 35.6 Å². The molecule has 1 aliphatic rings. The van der Waals surface area contributed by atoms with Crippen LogP contribution in [0, 0.1) is 12.7 Å². The lowest BCUT2D eigenvalue weighted by molar-refractivity contribution is 0.467. The third-order valence-corrected chi connectivity index (χ3v) is 4.62. The fraction of sp³-hybridized carbons (Fsp3) is 0.357. The Balaban J connectivity index is 2.17. The summed E-state index contributed by atoms with van der Waals surface area (Å²) in [7, 11) is 0. The molecule has 0 N–H and O–H groups in total. The third-order valence-electron chi connectivity index (χ3n) is 3.38. The lowest BCUT2D eigenvalue weighted by Crippen LogP contribution is -2.26. The van der Waals surface area contributed by atoms with Crippen LogP contribution in [0.3, 0.4) is 0 Å². The predicted octanol–water partition coefficient (Wildman–Crippen LogP) is 3.80. The van der Waals surface area contributed by atoms with Crippen LogP contribution in [0.1, 0.15) is 31.1 Å².